The number of rotatable bonds is 10. The molecule has 1 aromatic carbocycles. The topological polar surface area (TPSA) is 118 Å². The summed E-state index contributed by atoms with van der Waals surface area (Å²) in [5, 5.41) is 15.2. The van der Waals surface area contributed by atoms with Crippen LogP contribution in [0.5, 0.6) is 0 Å². The number of ether oxygens (including phenoxy) is 1. The quantitative estimate of drug-likeness (QED) is 0.497. The van der Waals surface area contributed by atoms with Crippen molar-refractivity contribution in [3.8, 4) is 0 Å². The van der Waals surface area contributed by atoms with Crippen LogP contribution in [0.25, 0.3) is 0 Å². The summed E-state index contributed by atoms with van der Waals surface area (Å²) in [5.74, 6) is -1.48. The van der Waals surface area contributed by atoms with Crippen molar-refractivity contribution in [3.05, 3.63) is 65.5 Å². The van der Waals surface area contributed by atoms with Crippen LogP contribution in [0.4, 0.5) is 0 Å². The number of hydrogen-bond donors (Lipinski definition) is 3. The Morgan fingerprint density at radius 1 is 1.00 bits per heavy atom. The molecule has 0 saturated carbocycles. The third-order valence-electron chi connectivity index (χ3n) is 4.60. The van der Waals surface area contributed by atoms with Crippen molar-refractivity contribution in [2.75, 3.05) is 13.7 Å². The minimum atomic E-state index is -0.819. The van der Waals surface area contributed by atoms with Gasteiger partial charge in [0.2, 0.25) is 5.91 Å². The second-order valence-corrected chi connectivity index (χ2v) is 7.63. The van der Waals surface area contributed by atoms with Crippen LogP contribution < -0.4 is 10.6 Å². The molecule has 0 aliphatic carbocycles. The highest BCUT2D eigenvalue weighted by atomic mass is 16.5. The molecule has 8 heteroatoms. The molecule has 2 aromatic rings. The number of amides is 2. The van der Waals surface area contributed by atoms with Crippen molar-refractivity contribution in [3.63, 3.8) is 0 Å². The molecule has 0 radical (unpaired) electrons. The standard InChI is InChI=1S/C23H29N3O5/c1-15(2)12-20(22(29)24-17(14-27)13-16-8-5-4-6-9-16)26-21(28)18-10-7-11-19(25-18)23(30)31-3/h4-11,15,17,20,27H,12-14H2,1-3H3,(H,24,29)(H,26,28)/t17-,20-/m0/s1. The molecular formula is C23H29N3O5. The Kier molecular flexibility index (Phi) is 9.14. The molecule has 0 aliphatic rings. The van der Waals surface area contributed by atoms with E-state index in [-0.39, 0.29) is 29.8 Å². The molecule has 0 aliphatic heterocycles. The lowest BCUT2D eigenvalue weighted by molar-refractivity contribution is -0.124. The Morgan fingerprint density at radius 2 is 1.68 bits per heavy atom. The van der Waals surface area contributed by atoms with E-state index in [9.17, 15) is 19.5 Å². The predicted molar refractivity (Wildman–Crippen MR) is 115 cm³/mol. The van der Waals surface area contributed by atoms with E-state index in [0.717, 1.165) is 5.56 Å². The van der Waals surface area contributed by atoms with Crippen LogP contribution in [0.1, 0.15) is 46.8 Å². The lowest BCUT2D eigenvalue weighted by Gasteiger charge is -2.23. The van der Waals surface area contributed by atoms with E-state index >= 15 is 0 Å². The minimum absolute atomic E-state index is 0.00298. The molecule has 0 saturated heterocycles. The van der Waals surface area contributed by atoms with Crippen molar-refractivity contribution in [2.24, 2.45) is 5.92 Å². The number of aliphatic hydroxyl groups is 1. The van der Waals surface area contributed by atoms with Crippen LogP contribution in [0.3, 0.4) is 0 Å². The highest BCUT2D eigenvalue weighted by Crippen LogP contribution is 2.09. The van der Waals surface area contributed by atoms with Crippen molar-refractivity contribution in [2.45, 2.75) is 38.8 Å². The Labute approximate surface area is 182 Å². The molecule has 2 rings (SSSR count). The normalized spacial score (nSPS) is 12.7. The highest BCUT2D eigenvalue weighted by Gasteiger charge is 2.25. The molecule has 3 N–H and O–H groups in total. The first-order valence-corrected chi connectivity index (χ1v) is 10.2. The van der Waals surface area contributed by atoms with Gasteiger partial charge in [0.15, 0.2) is 0 Å². The average Bonchev–Trinajstić information content (AvgIpc) is 2.77. The maximum absolute atomic E-state index is 12.9. The van der Waals surface area contributed by atoms with Crippen molar-refractivity contribution in [1.82, 2.24) is 15.6 Å². The summed E-state index contributed by atoms with van der Waals surface area (Å²) >= 11 is 0. The highest BCUT2D eigenvalue weighted by molar-refractivity contribution is 5.97. The molecule has 31 heavy (non-hydrogen) atoms. The summed E-state index contributed by atoms with van der Waals surface area (Å²) < 4.78 is 4.63. The van der Waals surface area contributed by atoms with Crippen LogP contribution in [0, 0.1) is 5.92 Å². The molecule has 0 bridgehead atoms. The fourth-order valence-corrected chi connectivity index (χ4v) is 3.08. The van der Waals surface area contributed by atoms with Crippen LogP contribution in [0.2, 0.25) is 0 Å². The first kappa shape index (κ1) is 24.0. The van der Waals surface area contributed by atoms with Gasteiger partial charge in [0.25, 0.3) is 5.91 Å². The number of aliphatic hydroxyl groups excluding tert-OH is 1. The monoisotopic (exact) mass is 427 g/mol. The molecular weight excluding hydrogens is 398 g/mol. The van der Waals surface area contributed by atoms with Crippen LogP contribution in [0.15, 0.2) is 48.5 Å². The van der Waals surface area contributed by atoms with Gasteiger partial charge in [-0.2, -0.15) is 0 Å². The number of benzene rings is 1. The zero-order valence-corrected chi connectivity index (χ0v) is 18.0. The molecule has 0 unspecified atom stereocenters. The third kappa shape index (κ3) is 7.49. The van der Waals surface area contributed by atoms with E-state index in [1.165, 1.54) is 25.3 Å². The fourth-order valence-electron chi connectivity index (χ4n) is 3.08. The number of aromatic nitrogens is 1. The minimum Gasteiger partial charge on any atom is -0.464 e. The Balaban J connectivity index is 2.10. The van der Waals surface area contributed by atoms with Gasteiger partial charge in [-0.1, -0.05) is 50.2 Å². The maximum atomic E-state index is 12.9. The maximum Gasteiger partial charge on any atom is 0.356 e. The molecule has 1 heterocycles. The Morgan fingerprint density at radius 3 is 2.29 bits per heavy atom. The van der Waals surface area contributed by atoms with Crippen molar-refractivity contribution >= 4 is 17.8 Å². The molecule has 1 aromatic heterocycles. The number of methoxy groups -OCH3 is 1. The molecule has 2 atom stereocenters. The summed E-state index contributed by atoms with van der Waals surface area (Å²) in [6.45, 7) is 3.65. The summed E-state index contributed by atoms with van der Waals surface area (Å²) in [6.07, 6.45) is 0.867. The predicted octanol–water partition coefficient (Wildman–Crippen LogP) is 1.73. The summed E-state index contributed by atoms with van der Waals surface area (Å²) in [4.78, 5) is 41.3. The number of pyridine rings is 1. The van der Waals surface area contributed by atoms with Gasteiger partial charge in [-0.15, -0.1) is 0 Å². The molecule has 0 fully saturated rings. The first-order valence-electron chi connectivity index (χ1n) is 10.2. The van der Waals surface area contributed by atoms with Gasteiger partial charge in [0.05, 0.1) is 19.8 Å². The van der Waals surface area contributed by atoms with Crippen LogP contribution >= 0.6 is 0 Å². The van der Waals surface area contributed by atoms with E-state index in [1.54, 1.807) is 0 Å². The second-order valence-electron chi connectivity index (χ2n) is 7.63. The Bertz CT molecular complexity index is 886. The number of nitrogens with one attached hydrogen (secondary N) is 2. The van der Waals surface area contributed by atoms with Gasteiger partial charge in [-0.25, -0.2) is 9.78 Å². The lowest BCUT2D eigenvalue weighted by Crippen LogP contribution is -2.51. The van der Waals surface area contributed by atoms with Gasteiger partial charge < -0.3 is 20.5 Å². The molecule has 0 spiro atoms. The first-order chi connectivity index (χ1) is 14.8. The molecule has 8 nitrogen and oxygen atoms in total. The molecule has 2 amide bonds. The van der Waals surface area contributed by atoms with E-state index in [2.05, 4.69) is 20.4 Å². The zero-order valence-electron chi connectivity index (χ0n) is 18.0. The largest absolute Gasteiger partial charge is 0.464 e. The number of nitrogens with zero attached hydrogens (tertiary/aromatic N) is 1. The third-order valence-corrected chi connectivity index (χ3v) is 4.60. The number of carbonyl (C=O) groups is 3. The zero-order chi connectivity index (χ0) is 22.8. The van der Waals surface area contributed by atoms with E-state index in [1.807, 2.05) is 44.2 Å². The van der Waals surface area contributed by atoms with Gasteiger partial charge in [-0.3, -0.25) is 9.59 Å². The van der Waals surface area contributed by atoms with E-state index in [4.69, 9.17) is 0 Å². The van der Waals surface area contributed by atoms with Gasteiger partial charge >= 0.3 is 5.97 Å². The fraction of sp³-hybridized carbons (Fsp3) is 0.391. The molecule has 166 valence electrons. The number of carbonyl (C=O) groups excluding carboxylic acids is 3. The lowest BCUT2D eigenvalue weighted by atomic mass is 10.0. The van der Waals surface area contributed by atoms with E-state index in [0.29, 0.717) is 12.8 Å². The second kappa shape index (κ2) is 11.8. The smallest absolute Gasteiger partial charge is 0.356 e. The average molecular weight is 428 g/mol. The van der Waals surface area contributed by atoms with Crippen LogP contribution in [-0.4, -0.2) is 53.7 Å². The van der Waals surface area contributed by atoms with Crippen LogP contribution in [-0.2, 0) is 16.0 Å². The van der Waals surface area contributed by atoms with E-state index < -0.39 is 24.0 Å². The SMILES string of the molecule is COC(=O)c1cccc(C(=O)N[C@@H](CC(C)C)C(=O)N[C@H](CO)Cc2ccccc2)n1. The van der Waals surface area contributed by atoms with Gasteiger partial charge in [0.1, 0.15) is 17.4 Å². The number of esters is 1. The number of hydrogen-bond acceptors (Lipinski definition) is 6. The summed E-state index contributed by atoms with van der Waals surface area (Å²) in [6, 6.07) is 12.6. The van der Waals surface area contributed by atoms with Crippen molar-refractivity contribution < 1.29 is 24.2 Å². The van der Waals surface area contributed by atoms with Crippen molar-refractivity contribution in [1.29, 1.82) is 0 Å². The summed E-state index contributed by atoms with van der Waals surface area (Å²) in [7, 11) is 1.23. The summed E-state index contributed by atoms with van der Waals surface area (Å²) in [5.41, 5.74) is 0.991. The Hall–Kier alpha value is -3.26. The van der Waals surface area contributed by atoms with Gasteiger partial charge in [-0.05, 0) is 36.5 Å². The van der Waals surface area contributed by atoms with Gasteiger partial charge in [0, 0.05) is 0 Å².